The molecular formula is C14H12FNO2. The minimum absolute atomic E-state index is 0.0856. The Labute approximate surface area is 104 Å². The van der Waals surface area contributed by atoms with Gasteiger partial charge in [0.25, 0.3) is 5.91 Å². The Balaban J connectivity index is 2.25. The molecule has 2 aromatic rings. The summed E-state index contributed by atoms with van der Waals surface area (Å²) in [4.78, 5) is 11.9. The van der Waals surface area contributed by atoms with E-state index in [0.29, 0.717) is 0 Å². The predicted octanol–water partition coefficient (Wildman–Crippen LogP) is 3.09. The van der Waals surface area contributed by atoms with Crippen LogP contribution in [0.15, 0.2) is 42.5 Å². The van der Waals surface area contributed by atoms with E-state index in [1.165, 1.54) is 30.3 Å². The Kier molecular flexibility index (Phi) is 3.28. The molecule has 0 atom stereocenters. The highest BCUT2D eigenvalue weighted by Crippen LogP contribution is 2.21. The average molecular weight is 245 g/mol. The van der Waals surface area contributed by atoms with Crippen LogP contribution in [0.4, 0.5) is 10.1 Å². The Morgan fingerprint density at radius 2 is 1.94 bits per heavy atom. The van der Waals surface area contributed by atoms with Crippen molar-refractivity contribution in [2.75, 3.05) is 5.32 Å². The second-order valence-corrected chi connectivity index (χ2v) is 3.95. The van der Waals surface area contributed by atoms with Crippen molar-refractivity contribution in [1.82, 2.24) is 0 Å². The van der Waals surface area contributed by atoms with E-state index in [4.69, 9.17) is 0 Å². The normalized spacial score (nSPS) is 10.1. The van der Waals surface area contributed by atoms with Gasteiger partial charge in [-0.25, -0.2) is 4.39 Å². The van der Waals surface area contributed by atoms with Crippen molar-refractivity contribution in [3.63, 3.8) is 0 Å². The second-order valence-electron chi connectivity index (χ2n) is 3.95. The predicted molar refractivity (Wildman–Crippen MR) is 67.2 cm³/mol. The summed E-state index contributed by atoms with van der Waals surface area (Å²) >= 11 is 0. The van der Waals surface area contributed by atoms with Gasteiger partial charge < -0.3 is 10.4 Å². The lowest BCUT2D eigenvalue weighted by molar-refractivity contribution is 0.102. The van der Waals surface area contributed by atoms with Gasteiger partial charge in [0, 0.05) is 0 Å². The number of phenols is 1. The van der Waals surface area contributed by atoms with Gasteiger partial charge >= 0.3 is 0 Å². The fourth-order valence-corrected chi connectivity index (χ4v) is 1.59. The van der Waals surface area contributed by atoms with Crippen molar-refractivity contribution in [2.45, 2.75) is 6.92 Å². The number of rotatable bonds is 2. The van der Waals surface area contributed by atoms with Crippen LogP contribution in [0.5, 0.6) is 5.75 Å². The Morgan fingerprint density at radius 3 is 2.61 bits per heavy atom. The molecule has 0 unspecified atom stereocenters. The van der Waals surface area contributed by atoms with Gasteiger partial charge in [-0.3, -0.25) is 4.79 Å². The van der Waals surface area contributed by atoms with Crippen LogP contribution < -0.4 is 5.32 Å². The zero-order valence-corrected chi connectivity index (χ0v) is 9.77. The monoisotopic (exact) mass is 245 g/mol. The van der Waals surface area contributed by atoms with Crippen molar-refractivity contribution in [3.8, 4) is 5.75 Å². The molecule has 0 spiro atoms. The number of aromatic hydroxyl groups is 1. The maximum Gasteiger partial charge on any atom is 0.259 e. The Morgan fingerprint density at radius 1 is 1.22 bits per heavy atom. The standard InChI is InChI=1S/C14H12FNO2/c1-9-6-7-10(13(17)8-9)14(18)16-12-5-3-2-4-11(12)15/h2-8,17H,1H3,(H,16,18). The number of para-hydroxylation sites is 1. The number of hydrogen-bond donors (Lipinski definition) is 2. The third kappa shape index (κ3) is 2.48. The maximum absolute atomic E-state index is 13.4. The fraction of sp³-hybridized carbons (Fsp3) is 0.0714. The van der Waals surface area contributed by atoms with Crippen molar-refractivity contribution in [2.24, 2.45) is 0 Å². The Hall–Kier alpha value is -2.36. The molecule has 0 saturated carbocycles. The van der Waals surface area contributed by atoms with E-state index in [0.717, 1.165) is 5.56 Å². The quantitative estimate of drug-likeness (QED) is 0.854. The maximum atomic E-state index is 13.4. The molecule has 0 aliphatic carbocycles. The minimum atomic E-state index is -0.544. The van der Waals surface area contributed by atoms with Crippen LogP contribution in [0.25, 0.3) is 0 Å². The number of hydrogen-bond acceptors (Lipinski definition) is 2. The fourth-order valence-electron chi connectivity index (χ4n) is 1.59. The van der Waals surface area contributed by atoms with Gasteiger partial charge in [-0.15, -0.1) is 0 Å². The summed E-state index contributed by atoms with van der Waals surface area (Å²) in [7, 11) is 0. The summed E-state index contributed by atoms with van der Waals surface area (Å²) < 4.78 is 13.4. The Bertz CT molecular complexity index is 596. The molecule has 0 aromatic heterocycles. The van der Waals surface area contributed by atoms with E-state index in [1.807, 2.05) is 0 Å². The van der Waals surface area contributed by atoms with Gasteiger partial charge in [0.1, 0.15) is 11.6 Å². The lowest BCUT2D eigenvalue weighted by Gasteiger charge is -2.08. The highest BCUT2D eigenvalue weighted by atomic mass is 19.1. The first kappa shape index (κ1) is 12.1. The number of benzene rings is 2. The molecule has 0 fully saturated rings. The van der Waals surface area contributed by atoms with Gasteiger partial charge in [0.2, 0.25) is 0 Å². The first-order chi connectivity index (χ1) is 8.58. The minimum Gasteiger partial charge on any atom is -0.507 e. The van der Waals surface area contributed by atoms with Crippen LogP contribution in [-0.4, -0.2) is 11.0 Å². The third-order valence-corrected chi connectivity index (χ3v) is 2.52. The summed E-state index contributed by atoms with van der Waals surface area (Å²) in [5, 5.41) is 12.1. The van der Waals surface area contributed by atoms with E-state index in [1.54, 1.807) is 19.1 Å². The van der Waals surface area contributed by atoms with Crippen LogP contribution in [0.1, 0.15) is 15.9 Å². The zero-order chi connectivity index (χ0) is 13.1. The molecule has 0 aliphatic rings. The number of amides is 1. The summed E-state index contributed by atoms with van der Waals surface area (Å²) in [5.41, 5.74) is 1.04. The van der Waals surface area contributed by atoms with Gasteiger partial charge in [0.05, 0.1) is 11.3 Å². The van der Waals surface area contributed by atoms with E-state index < -0.39 is 11.7 Å². The molecule has 0 saturated heterocycles. The van der Waals surface area contributed by atoms with Crippen LogP contribution >= 0.6 is 0 Å². The molecule has 0 aliphatic heterocycles. The molecule has 4 heteroatoms. The number of carbonyl (C=O) groups is 1. The molecule has 0 bridgehead atoms. The molecule has 0 heterocycles. The van der Waals surface area contributed by atoms with Crippen molar-refractivity contribution in [1.29, 1.82) is 0 Å². The molecule has 92 valence electrons. The summed E-state index contributed by atoms with van der Waals surface area (Å²) in [5.74, 6) is -1.18. The van der Waals surface area contributed by atoms with Crippen LogP contribution in [-0.2, 0) is 0 Å². The summed E-state index contributed by atoms with van der Waals surface area (Å²) in [6, 6.07) is 10.6. The van der Waals surface area contributed by atoms with Crippen LogP contribution in [0.3, 0.4) is 0 Å². The van der Waals surface area contributed by atoms with Crippen molar-refractivity contribution < 1.29 is 14.3 Å². The molecule has 0 radical (unpaired) electrons. The number of anilines is 1. The van der Waals surface area contributed by atoms with E-state index in [2.05, 4.69) is 5.32 Å². The van der Waals surface area contributed by atoms with Crippen molar-refractivity contribution >= 4 is 11.6 Å². The van der Waals surface area contributed by atoms with E-state index in [9.17, 15) is 14.3 Å². The first-order valence-corrected chi connectivity index (χ1v) is 5.43. The smallest absolute Gasteiger partial charge is 0.259 e. The summed E-state index contributed by atoms with van der Waals surface area (Å²) in [6.45, 7) is 1.80. The van der Waals surface area contributed by atoms with Gasteiger partial charge in [0.15, 0.2) is 0 Å². The molecule has 3 nitrogen and oxygen atoms in total. The average Bonchev–Trinajstić information content (AvgIpc) is 2.32. The highest BCUT2D eigenvalue weighted by Gasteiger charge is 2.12. The van der Waals surface area contributed by atoms with Gasteiger partial charge in [-0.1, -0.05) is 18.2 Å². The van der Waals surface area contributed by atoms with E-state index >= 15 is 0 Å². The van der Waals surface area contributed by atoms with Crippen LogP contribution in [0, 0.1) is 12.7 Å². The van der Waals surface area contributed by atoms with Crippen molar-refractivity contribution in [3.05, 3.63) is 59.4 Å². The highest BCUT2D eigenvalue weighted by molar-refractivity contribution is 6.06. The molecule has 2 N–H and O–H groups in total. The largest absolute Gasteiger partial charge is 0.507 e. The van der Waals surface area contributed by atoms with Gasteiger partial charge in [-0.05, 0) is 36.8 Å². The summed E-state index contributed by atoms with van der Waals surface area (Å²) in [6.07, 6.45) is 0. The number of carbonyl (C=O) groups excluding carboxylic acids is 1. The topological polar surface area (TPSA) is 49.3 Å². The molecular weight excluding hydrogens is 233 g/mol. The lowest BCUT2D eigenvalue weighted by Crippen LogP contribution is -2.13. The first-order valence-electron chi connectivity index (χ1n) is 5.43. The zero-order valence-electron chi connectivity index (χ0n) is 9.77. The second kappa shape index (κ2) is 4.87. The number of phenolic OH excluding ortho intramolecular Hbond substituents is 1. The van der Waals surface area contributed by atoms with Gasteiger partial charge in [-0.2, -0.15) is 0 Å². The van der Waals surface area contributed by atoms with E-state index in [-0.39, 0.29) is 17.0 Å². The third-order valence-electron chi connectivity index (χ3n) is 2.52. The van der Waals surface area contributed by atoms with Crippen LogP contribution in [0.2, 0.25) is 0 Å². The number of nitrogens with one attached hydrogen (secondary N) is 1. The molecule has 1 amide bonds. The number of aryl methyl sites for hydroxylation is 1. The molecule has 18 heavy (non-hydrogen) atoms. The SMILES string of the molecule is Cc1ccc(C(=O)Nc2ccccc2F)c(O)c1. The molecule has 2 rings (SSSR count). The lowest BCUT2D eigenvalue weighted by atomic mass is 10.1. The molecule has 2 aromatic carbocycles. The number of halogens is 1.